The van der Waals surface area contributed by atoms with E-state index in [0.717, 1.165) is 0 Å². The fourth-order valence-electron chi connectivity index (χ4n) is 1.07. The molecule has 0 fully saturated rings. The average molecular weight is 278 g/mol. The molecule has 1 aromatic rings. The Morgan fingerprint density at radius 2 is 2.12 bits per heavy atom. The molecule has 1 atom stereocenters. The van der Waals surface area contributed by atoms with Crippen molar-refractivity contribution >= 4 is 29.2 Å². The van der Waals surface area contributed by atoms with Crippen LogP contribution >= 0.6 is 23.2 Å². The summed E-state index contributed by atoms with van der Waals surface area (Å²) in [5.74, 6) is -0.317. The number of esters is 1. The highest BCUT2D eigenvalue weighted by Gasteiger charge is 2.17. The van der Waals surface area contributed by atoms with Crippen LogP contribution in [0.4, 0.5) is 0 Å². The van der Waals surface area contributed by atoms with E-state index in [-0.39, 0.29) is 6.61 Å². The Labute approximate surface area is 109 Å². The van der Waals surface area contributed by atoms with E-state index >= 15 is 0 Å². The molecule has 93 valence electrons. The summed E-state index contributed by atoms with van der Waals surface area (Å²) >= 11 is 11.6. The third-order valence-electron chi connectivity index (χ3n) is 1.86. The van der Waals surface area contributed by atoms with Crippen molar-refractivity contribution in [1.29, 1.82) is 0 Å². The van der Waals surface area contributed by atoms with Gasteiger partial charge in [-0.15, -0.1) is 0 Å². The summed E-state index contributed by atoms with van der Waals surface area (Å²) in [7, 11) is 0. The van der Waals surface area contributed by atoms with E-state index in [9.17, 15) is 9.90 Å². The topological polar surface area (TPSA) is 55.4 Å². The molecule has 0 heterocycles. The second-order valence-corrected chi connectivity index (χ2v) is 4.05. The Balaban J connectivity index is 2.64. The van der Waals surface area contributed by atoms with Gasteiger partial charge in [0.1, 0.15) is 19.0 Å². The van der Waals surface area contributed by atoms with Gasteiger partial charge in [-0.3, -0.25) is 0 Å². The number of benzene rings is 1. The van der Waals surface area contributed by atoms with Crippen LogP contribution in [0.3, 0.4) is 0 Å². The zero-order valence-corrected chi connectivity index (χ0v) is 10.6. The minimum atomic E-state index is -0.850. The third-order valence-corrected chi connectivity index (χ3v) is 2.40. The maximum absolute atomic E-state index is 11.3. The zero-order valence-electron chi connectivity index (χ0n) is 9.11. The van der Waals surface area contributed by atoms with Crippen LogP contribution in [0.1, 0.15) is 6.92 Å². The van der Waals surface area contributed by atoms with Gasteiger partial charge >= 0.3 is 5.97 Å². The summed E-state index contributed by atoms with van der Waals surface area (Å²) in [5.41, 5.74) is 0. The molecule has 0 spiro atoms. The van der Waals surface area contributed by atoms with Crippen LogP contribution in [-0.4, -0.2) is 25.3 Å². The van der Waals surface area contributed by atoms with Gasteiger partial charge in [-0.2, -0.15) is 0 Å². The van der Waals surface area contributed by atoms with Gasteiger partial charge in [0.05, 0.1) is 5.02 Å². The largest absolute Gasteiger partial charge is 0.477 e. The molecule has 0 saturated carbocycles. The van der Waals surface area contributed by atoms with E-state index in [4.69, 9.17) is 27.9 Å². The van der Waals surface area contributed by atoms with E-state index in [1.807, 2.05) is 0 Å². The second-order valence-electron chi connectivity index (χ2n) is 3.21. The number of ether oxygens (including phenoxy) is 2. The van der Waals surface area contributed by atoms with Crippen LogP contribution in [0, 0.1) is 0 Å². The number of hydrogen-bond donors (Lipinski definition) is 0. The average Bonchev–Trinajstić information content (AvgIpc) is 2.30. The minimum absolute atomic E-state index is 0.171. The maximum Gasteiger partial charge on any atom is 0.347 e. The van der Waals surface area contributed by atoms with Crippen molar-refractivity contribution in [3.63, 3.8) is 0 Å². The summed E-state index contributed by atoms with van der Waals surface area (Å²) in [4.78, 5) is 11.3. The predicted molar refractivity (Wildman–Crippen MR) is 63.1 cm³/mol. The van der Waals surface area contributed by atoms with E-state index in [0.29, 0.717) is 15.8 Å². The molecular weight excluding hydrogens is 267 g/mol. The monoisotopic (exact) mass is 277 g/mol. The molecule has 1 unspecified atom stereocenters. The number of hydrogen-bond acceptors (Lipinski definition) is 3. The normalized spacial score (nSPS) is 12.0. The van der Waals surface area contributed by atoms with Gasteiger partial charge in [0.2, 0.25) is 0 Å². The molecule has 6 heteroatoms. The van der Waals surface area contributed by atoms with Crippen molar-refractivity contribution in [2.75, 3.05) is 13.2 Å². The van der Waals surface area contributed by atoms with Crippen molar-refractivity contribution in [2.45, 2.75) is 13.0 Å². The van der Waals surface area contributed by atoms with Crippen molar-refractivity contribution in [2.24, 2.45) is 0 Å². The number of halogens is 2. The molecule has 0 aliphatic rings. The Morgan fingerprint density at radius 3 is 2.76 bits per heavy atom. The molecule has 0 aliphatic heterocycles. The van der Waals surface area contributed by atoms with Gasteiger partial charge in [0.15, 0.2) is 6.10 Å². The lowest BCUT2D eigenvalue weighted by Gasteiger charge is -2.14. The molecule has 1 rings (SSSR count). The van der Waals surface area contributed by atoms with Gasteiger partial charge in [0.25, 0.3) is 0 Å². The molecule has 17 heavy (non-hydrogen) atoms. The maximum atomic E-state index is 11.3. The lowest BCUT2D eigenvalue weighted by atomic mass is 10.3. The molecule has 0 aromatic heterocycles. The highest BCUT2D eigenvalue weighted by molar-refractivity contribution is 6.34. The number of rotatable bonds is 5. The first-order valence-corrected chi connectivity index (χ1v) is 5.66. The van der Waals surface area contributed by atoms with Crippen LogP contribution in [0.15, 0.2) is 18.2 Å². The van der Waals surface area contributed by atoms with Crippen LogP contribution < -0.4 is 4.74 Å². The lowest BCUT2D eigenvalue weighted by molar-refractivity contribution is -0.152. The molecule has 1 aromatic carbocycles. The van der Waals surface area contributed by atoms with Gasteiger partial charge in [-0.25, -0.2) is 9.90 Å². The quantitative estimate of drug-likeness (QED) is 0.778. The summed E-state index contributed by atoms with van der Waals surface area (Å²) in [6, 6.07) is 4.67. The van der Waals surface area contributed by atoms with Crippen molar-refractivity contribution in [1.82, 2.24) is 0 Å². The third kappa shape index (κ3) is 4.42. The SMILES string of the molecule is CC(Oc1cc(Cl)ccc1Cl)C(=O)OCC[O]. The van der Waals surface area contributed by atoms with Crippen LogP contribution in [0.5, 0.6) is 5.75 Å². The molecule has 0 saturated heterocycles. The molecule has 0 bridgehead atoms. The molecule has 0 amide bonds. The summed E-state index contributed by atoms with van der Waals surface area (Å²) in [6.07, 6.45) is -0.850. The fraction of sp³-hybridized carbons (Fsp3) is 0.364. The molecular formula is C11H11Cl2O4. The molecule has 4 nitrogen and oxygen atoms in total. The molecule has 0 aliphatic carbocycles. The van der Waals surface area contributed by atoms with E-state index < -0.39 is 18.7 Å². The van der Waals surface area contributed by atoms with Crippen molar-refractivity contribution < 1.29 is 19.4 Å². The Hall–Kier alpha value is -0.970. The number of carbonyl (C=O) groups excluding carboxylic acids is 1. The van der Waals surface area contributed by atoms with Gasteiger partial charge in [-0.1, -0.05) is 23.2 Å². The Kier molecular flexibility index (Phi) is 5.55. The minimum Gasteiger partial charge on any atom is -0.477 e. The van der Waals surface area contributed by atoms with Gasteiger partial charge in [-0.05, 0) is 19.1 Å². The highest BCUT2D eigenvalue weighted by Crippen LogP contribution is 2.28. The summed E-state index contributed by atoms with van der Waals surface area (Å²) in [6.45, 7) is 0.858. The Bertz CT molecular complexity index is 395. The van der Waals surface area contributed by atoms with Crippen molar-refractivity contribution in [3.05, 3.63) is 28.2 Å². The van der Waals surface area contributed by atoms with E-state index in [1.165, 1.54) is 13.0 Å². The van der Waals surface area contributed by atoms with E-state index in [1.54, 1.807) is 12.1 Å². The predicted octanol–water partition coefficient (Wildman–Crippen LogP) is 2.73. The first kappa shape index (κ1) is 14.1. The smallest absolute Gasteiger partial charge is 0.347 e. The highest BCUT2D eigenvalue weighted by atomic mass is 35.5. The standard InChI is InChI=1S/C11H11Cl2O4/c1-7(11(15)16-5-4-14)17-10-6-8(12)2-3-9(10)13/h2-3,6-7H,4-5H2,1H3. The summed E-state index contributed by atoms with van der Waals surface area (Å²) < 4.78 is 9.93. The molecule has 1 radical (unpaired) electrons. The van der Waals surface area contributed by atoms with Crippen molar-refractivity contribution in [3.8, 4) is 5.75 Å². The molecule has 0 N–H and O–H groups in total. The second kappa shape index (κ2) is 6.69. The first-order chi connectivity index (χ1) is 8.04. The van der Waals surface area contributed by atoms with Crippen LogP contribution in [0.2, 0.25) is 10.0 Å². The first-order valence-electron chi connectivity index (χ1n) is 4.91. The number of carbonyl (C=O) groups is 1. The van der Waals surface area contributed by atoms with Gasteiger partial charge < -0.3 is 9.47 Å². The van der Waals surface area contributed by atoms with E-state index in [2.05, 4.69) is 4.74 Å². The Morgan fingerprint density at radius 1 is 1.41 bits per heavy atom. The lowest BCUT2D eigenvalue weighted by Crippen LogP contribution is -2.27. The zero-order chi connectivity index (χ0) is 12.8. The van der Waals surface area contributed by atoms with Gasteiger partial charge in [0, 0.05) is 11.1 Å². The van der Waals surface area contributed by atoms with Crippen LogP contribution in [0.25, 0.3) is 0 Å². The summed E-state index contributed by atoms with van der Waals surface area (Å²) in [5, 5.41) is 11.0. The fourth-order valence-corrected chi connectivity index (χ4v) is 1.39. The van der Waals surface area contributed by atoms with Crippen LogP contribution in [-0.2, 0) is 14.6 Å².